The molecule has 1 saturated carbocycles. The molecule has 0 N–H and O–H groups in total. The lowest BCUT2D eigenvalue weighted by Gasteiger charge is -2.03. The number of ether oxygens (including phenoxy) is 3. The number of cyclic esters (lactones) is 1. The second kappa shape index (κ2) is 4.07. The van der Waals surface area contributed by atoms with E-state index in [1.807, 2.05) is 0 Å². The van der Waals surface area contributed by atoms with Crippen LogP contribution in [0, 0.1) is 11.8 Å². The van der Waals surface area contributed by atoms with Gasteiger partial charge in [-0.15, -0.1) is 0 Å². The van der Waals surface area contributed by atoms with Crippen LogP contribution < -0.4 is 0 Å². The van der Waals surface area contributed by atoms with Gasteiger partial charge in [-0.1, -0.05) is 0 Å². The zero-order valence-electron chi connectivity index (χ0n) is 7.53. The molecule has 13 heavy (non-hydrogen) atoms. The molecule has 0 bridgehead atoms. The fourth-order valence-electron chi connectivity index (χ4n) is 1.48. The summed E-state index contributed by atoms with van der Waals surface area (Å²) in [6.45, 7) is 2.74. The van der Waals surface area contributed by atoms with Crippen molar-refractivity contribution in [2.75, 3.05) is 33.0 Å². The molecule has 0 aromatic rings. The summed E-state index contributed by atoms with van der Waals surface area (Å²) in [6.07, 6.45) is 0.930. The lowest BCUT2D eigenvalue weighted by Crippen LogP contribution is -2.12. The standard InChI is InChI=1S/C9H14O4/c10-9-8-5-7(8)6-12-2-1-11-3-4-13-9/h7-8H,1-6H2/t7-,8-/m0/s1. The number of hydrogen-bond acceptors (Lipinski definition) is 4. The van der Waals surface area contributed by atoms with Gasteiger partial charge in [0.05, 0.1) is 32.3 Å². The Morgan fingerprint density at radius 3 is 2.77 bits per heavy atom. The molecule has 1 aliphatic heterocycles. The van der Waals surface area contributed by atoms with Gasteiger partial charge in [-0.25, -0.2) is 0 Å². The average Bonchev–Trinajstić information content (AvgIpc) is 2.87. The van der Waals surface area contributed by atoms with E-state index in [-0.39, 0.29) is 11.9 Å². The molecule has 1 heterocycles. The van der Waals surface area contributed by atoms with Gasteiger partial charge in [-0.3, -0.25) is 4.79 Å². The van der Waals surface area contributed by atoms with Gasteiger partial charge in [-0.05, 0) is 12.3 Å². The third-order valence-corrected chi connectivity index (χ3v) is 2.40. The summed E-state index contributed by atoms with van der Waals surface area (Å²) >= 11 is 0. The van der Waals surface area contributed by atoms with Crippen molar-refractivity contribution in [1.29, 1.82) is 0 Å². The molecule has 1 aliphatic carbocycles. The molecule has 2 atom stereocenters. The number of fused-ring (bicyclic) bond motifs is 1. The Hall–Kier alpha value is -0.610. The monoisotopic (exact) mass is 186 g/mol. The summed E-state index contributed by atoms with van der Waals surface area (Å²) in [5.41, 5.74) is 0. The van der Waals surface area contributed by atoms with Gasteiger partial charge < -0.3 is 14.2 Å². The third kappa shape index (κ3) is 2.42. The molecule has 74 valence electrons. The Kier molecular flexibility index (Phi) is 2.80. The third-order valence-electron chi connectivity index (χ3n) is 2.40. The highest BCUT2D eigenvalue weighted by Gasteiger charge is 2.44. The van der Waals surface area contributed by atoms with Crippen molar-refractivity contribution in [1.82, 2.24) is 0 Å². The Morgan fingerprint density at radius 1 is 1.08 bits per heavy atom. The first-order chi connectivity index (χ1) is 6.38. The molecular weight excluding hydrogens is 172 g/mol. The minimum Gasteiger partial charge on any atom is -0.463 e. The van der Waals surface area contributed by atoms with Crippen LogP contribution in [0.4, 0.5) is 0 Å². The van der Waals surface area contributed by atoms with E-state index in [0.717, 1.165) is 6.42 Å². The van der Waals surface area contributed by atoms with Gasteiger partial charge in [-0.2, -0.15) is 0 Å². The predicted molar refractivity (Wildman–Crippen MR) is 44.2 cm³/mol. The Balaban J connectivity index is 1.81. The lowest BCUT2D eigenvalue weighted by molar-refractivity contribution is -0.147. The second-order valence-electron chi connectivity index (χ2n) is 3.46. The van der Waals surface area contributed by atoms with Crippen LogP contribution in [0.1, 0.15) is 6.42 Å². The van der Waals surface area contributed by atoms with Crippen molar-refractivity contribution < 1.29 is 19.0 Å². The van der Waals surface area contributed by atoms with Gasteiger partial charge in [0.2, 0.25) is 0 Å². The highest BCUT2D eigenvalue weighted by atomic mass is 16.6. The molecule has 4 nitrogen and oxygen atoms in total. The first kappa shape index (κ1) is 8.97. The number of carbonyl (C=O) groups excluding carboxylic acids is 1. The maximum atomic E-state index is 11.3. The van der Waals surface area contributed by atoms with Crippen LogP contribution in [0.25, 0.3) is 0 Å². The van der Waals surface area contributed by atoms with E-state index >= 15 is 0 Å². The van der Waals surface area contributed by atoms with E-state index in [9.17, 15) is 4.79 Å². The first-order valence-electron chi connectivity index (χ1n) is 4.70. The highest BCUT2D eigenvalue weighted by Crippen LogP contribution is 2.39. The molecule has 1 saturated heterocycles. The Bertz CT molecular complexity index is 192. The van der Waals surface area contributed by atoms with Crippen molar-refractivity contribution in [3.8, 4) is 0 Å². The minimum atomic E-state index is -0.0842. The molecule has 4 heteroatoms. The zero-order valence-corrected chi connectivity index (χ0v) is 7.53. The smallest absolute Gasteiger partial charge is 0.309 e. The fraction of sp³-hybridized carbons (Fsp3) is 0.889. The topological polar surface area (TPSA) is 44.8 Å². The first-order valence-corrected chi connectivity index (χ1v) is 4.70. The number of rotatable bonds is 0. The van der Waals surface area contributed by atoms with Crippen LogP contribution in [0.15, 0.2) is 0 Å². The Morgan fingerprint density at radius 2 is 1.85 bits per heavy atom. The zero-order chi connectivity index (χ0) is 9.10. The van der Waals surface area contributed by atoms with Crippen LogP contribution in [0.5, 0.6) is 0 Å². The summed E-state index contributed by atoms with van der Waals surface area (Å²) < 4.78 is 15.5. The molecule has 0 unspecified atom stereocenters. The van der Waals surface area contributed by atoms with Crippen LogP contribution in [-0.2, 0) is 19.0 Å². The van der Waals surface area contributed by atoms with Gasteiger partial charge in [0.15, 0.2) is 0 Å². The highest BCUT2D eigenvalue weighted by molar-refractivity contribution is 5.75. The van der Waals surface area contributed by atoms with Crippen LogP contribution in [0.2, 0.25) is 0 Å². The van der Waals surface area contributed by atoms with Crippen LogP contribution in [-0.4, -0.2) is 39.0 Å². The van der Waals surface area contributed by atoms with Crippen molar-refractivity contribution >= 4 is 5.97 Å². The molecular formula is C9H14O4. The molecule has 0 amide bonds. The fourth-order valence-corrected chi connectivity index (χ4v) is 1.48. The quantitative estimate of drug-likeness (QED) is 0.507. The largest absolute Gasteiger partial charge is 0.463 e. The van der Waals surface area contributed by atoms with Crippen molar-refractivity contribution in [2.24, 2.45) is 11.8 Å². The maximum Gasteiger partial charge on any atom is 0.309 e. The van der Waals surface area contributed by atoms with Gasteiger partial charge >= 0.3 is 5.97 Å². The van der Waals surface area contributed by atoms with Crippen LogP contribution in [0.3, 0.4) is 0 Å². The van der Waals surface area contributed by atoms with E-state index in [1.165, 1.54) is 0 Å². The second-order valence-corrected chi connectivity index (χ2v) is 3.46. The van der Waals surface area contributed by atoms with Gasteiger partial charge in [0, 0.05) is 0 Å². The molecule has 0 aromatic carbocycles. The summed E-state index contributed by atoms with van der Waals surface area (Å²) in [7, 11) is 0. The summed E-state index contributed by atoms with van der Waals surface area (Å²) in [6, 6.07) is 0. The number of carbonyl (C=O) groups is 1. The van der Waals surface area contributed by atoms with Gasteiger partial charge in [0.1, 0.15) is 6.61 Å². The number of esters is 1. The van der Waals surface area contributed by atoms with Crippen molar-refractivity contribution in [2.45, 2.75) is 6.42 Å². The van der Waals surface area contributed by atoms with Gasteiger partial charge in [0.25, 0.3) is 0 Å². The molecule has 0 aromatic heterocycles. The summed E-state index contributed by atoms with van der Waals surface area (Å²) in [4.78, 5) is 11.3. The molecule has 2 aliphatic rings. The molecule has 2 rings (SSSR count). The predicted octanol–water partition coefficient (Wildman–Crippen LogP) is 0.212. The van der Waals surface area contributed by atoms with E-state index in [2.05, 4.69) is 0 Å². The Labute approximate surface area is 77.1 Å². The lowest BCUT2D eigenvalue weighted by atomic mass is 10.3. The molecule has 0 spiro atoms. The minimum absolute atomic E-state index is 0.0842. The number of hydrogen-bond donors (Lipinski definition) is 0. The SMILES string of the molecule is O=C1OCCOCCOC[C@@H]2C[C@H]12. The van der Waals surface area contributed by atoms with E-state index in [1.54, 1.807) is 0 Å². The summed E-state index contributed by atoms with van der Waals surface area (Å²) in [5, 5.41) is 0. The van der Waals surface area contributed by atoms with Crippen LogP contribution >= 0.6 is 0 Å². The molecule has 2 fully saturated rings. The maximum absolute atomic E-state index is 11.3. The summed E-state index contributed by atoms with van der Waals surface area (Å²) in [5.74, 6) is 0.405. The normalized spacial score (nSPS) is 35.5. The van der Waals surface area contributed by atoms with E-state index < -0.39 is 0 Å². The van der Waals surface area contributed by atoms with Crippen molar-refractivity contribution in [3.63, 3.8) is 0 Å². The van der Waals surface area contributed by atoms with E-state index in [0.29, 0.717) is 39.0 Å². The van der Waals surface area contributed by atoms with E-state index in [4.69, 9.17) is 14.2 Å². The average molecular weight is 186 g/mol. The molecule has 0 radical (unpaired) electrons. The van der Waals surface area contributed by atoms with Crippen molar-refractivity contribution in [3.05, 3.63) is 0 Å².